The molecule has 0 radical (unpaired) electrons. The van der Waals surface area contributed by atoms with E-state index in [0.717, 1.165) is 44.9 Å². The maximum Gasteiger partial charge on any atom is 1.00 e. The summed E-state index contributed by atoms with van der Waals surface area (Å²) in [5.41, 5.74) is -1.27. The molecule has 0 aliphatic carbocycles. The van der Waals surface area contributed by atoms with Crippen molar-refractivity contribution in [2.24, 2.45) is 0 Å². The second-order valence-electron chi connectivity index (χ2n) is 8.02. The Balaban J connectivity index is 0.00000324. The van der Waals surface area contributed by atoms with Gasteiger partial charge in [-0.1, -0.05) is 0 Å². The van der Waals surface area contributed by atoms with Crippen molar-refractivity contribution < 1.29 is 88.0 Å². The fraction of sp³-hybridized carbons (Fsp3) is 0.500. The predicted octanol–water partition coefficient (Wildman–Crippen LogP) is 0.640. The van der Waals surface area contributed by atoms with Gasteiger partial charge in [0.2, 0.25) is 0 Å². The molecule has 2 fully saturated rings. The summed E-state index contributed by atoms with van der Waals surface area (Å²) in [5, 5.41) is 12.9. The number of hydrogen-bond acceptors (Lipinski definition) is 7. The van der Waals surface area contributed by atoms with Crippen LogP contribution in [0, 0.1) is 0 Å². The van der Waals surface area contributed by atoms with E-state index < -0.39 is 46.9 Å². The molecule has 4 heterocycles. The summed E-state index contributed by atoms with van der Waals surface area (Å²) < 4.78 is 66.2. The first-order valence-corrected chi connectivity index (χ1v) is 11.0. The largest absolute Gasteiger partial charge is 1.00 e. The molecule has 7 nitrogen and oxygen atoms in total. The van der Waals surface area contributed by atoms with Gasteiger partial charge in [0, 0.05) is 29.4 Å². The number of aromatic nitrogens is 2. The van der Waals surface area contributed by atoms with E-state index in [2.05, 4.69) is 9.97 Å². The second-order valence-corrected chi connectivity index (χ2v) is 9.02. The number of halogens is 5. The Bertz CT molecular complexity index is 1080. The molecule has 4 rings (SSSR count). The van der Waals surface area contributed by atoms with Gasteiger partial charge < -0.3 is 20.1 Å². The molecule has 0 unspecified atom stereocenters. The Morgan fingerprint density at radius 1 is 1.21 bits per heavy atom. The zero-order valence-electron chi connectivity index (χ0n) is 18.2. The van der Waals surface area contributed by atoms with Crippen LogP contribution in [-0.4, -0.2) is 51.0 Å². The number of pyridine rings is 1. The number of anilines is 1. The molecule has 34 heavy (non-hydrogen) atoms. The van der Waals surface area contributed by atoms with E-state index in [9.17, 15) is 36.6 Å². The summed E-state index contributed by atoms with van der Waals surface area (Å²) in [6.07, 6.45) is -3.68. The minimum absolute atomic E-state index is 0. The van der Waals surface area contributed by atoms with Gasteiger partial charge in [0.15, 0.2) is 0 Å². The molecular weight excluding hydrogens is 510 g/mol. The summed E-state index contributed by atoms with van der Waals surface area (Å²) in [4.78, 5) is 33.8. The van der Waals surface area contributed by atoms with E-state index in [1.807, 2.05) is 5.32 Å². The van der Waals surface area contributed by atoms with Crippen molar-refractivity contribution in [1.29, 1.82) is 0 Å². The SMILES string of the molecule is C[C@H](Nc1cc(C(F)F)c(-c2sc(C(=O)[O-])nc2C(=O)N2[C@H]3CC[C@@H]2CC3)cn1)C(F)(F)F.[K+]. The monoisotopic (exact) mass is 528 g/mol. The molecule has 2 saturated heterocycles. The van der Waals surface area contributed by atoms with Gasteiger partial charge in [-0.15, -0.1) is 11.3 Å². The van der Waals surface area contributed by atoms with Gasteiger partial charge in [-0.2, -0.15) is 13.2 Å². The molecule has 0 spiro atoms. The Kier molecular flexibility index (Phi) is 8.40. The number of hydrogen-bond donors (Lipinski definition) is 1. The van der Waals surface area contributed by atoms with E-state index in [4.69, 9.17) is 0 Å². The number of aromatic carboxylic acids is 1. The number of carbonyl (C=O) groups is 2. The van der Waals surface area contributed by atoms with Crippen LogP contribution in [0.5, 0.6) is 0 Å². The van der Waals surface area contributed by atoms with Crippen LogP contribution in [0.3, 0.4) is 0 Å². The minimum Gasteiger partial charge on any atom is -0.542 e. The van der Waals surface area contributed by atoms with Gasteiger partial charge in [-0.25, -0.2) is 18.7 Å². The van der Waals surface area contributed by atoms with Crippen molar-refractivity contribution in [1.82, 2.24) is 14.9 Å². The number of nitrogens with zero attached hydrogens (tertiary/aromatic N) is 3. The van der Waals surface area contributed by atoms with Crippen LogP contribution in [0.25, 0.3) is 10.4 Å². The molecular formula is C20H18F5KN4O3S. The molecule has 1 atom stereocenters. The average molecular weight is 529 g/mol. The summed E-state index contributed by atoms with van der Waals surface area (Å²) in [5.74, 6) is -2.67. The zero-order chi connectivity index (χ0) is 24.1. The maximum absolute atomic E-state index is 13.9. The molecule has 14 heteroatoms. The molecule has 0 saturated carbocycles. The smallest absolute Gasteiger partial charge is 0.542 e. The number of carboxylic acids is 1. The molecule has 2 aliphatic rings. The number of rotatable bonds is 6. The van der Waals surface area contributed by atoms with Gasteiger partial charge >= 0.3 is 57.6 Å². The van der Waals surface area contributed by atoms with Gasteiger partial charge in [-0.05, 0) is 38.7 Å². The van der Waals surface area contributed by atoms with Crippen LogP contribution < -0.4 is 61.8 Å². The molecule has 1 amide bonds. The quantitative estimate of drug-likeness (QED) is 0.437. The standard InChI is InChI=1S/C20H19F5N4O3S.K/c1-8(20(23,24)25)27-13-6-11(16(21)22)12(7-26-13)15-14(28-17(33-15)19(31)32)18(30)29-9-2-3-10(29)5-4-9;/h6-10,16H,2-5H2,1H3,(H,26,27)(H,31,32);/q;+1/p-1/t8-,9-,10+;/m0./s1. The number of alkyl halides is 5. The fourth-order valence-corrected chi connectivity index (χ4v) is 5.25. The van der Waals surface area contributed by atoms with Crippen molar-refractivity contribution in [3.8, 4) is 10.4 Å². The molecule has 2 aromatic heterocycles. The number of carboxylic acid groups (broad SMARTS) is 1. The van der Waals surface area contributed by atoms with Crippen LogP contribution in [0.4, 0.5) is 27.8 Å². The van der Waals surface area contributed by atoms with E-state index in [1.165, 1.54) is 0 Å². The molecule has 2 aliphatic heterocycles. The number of carbonyl (C=O) groups excluding carboxylic acids is 2. The number of thiazole rings is 1. The number of amides is 1. The predicted molar refractivity (Wildman–Crippen MR) is 106 cm³/mol. The average Bonchev–Trinajstić information content (AvgIpc) is 3.46. The third-order valence-corrected chi connectivity index (χ3v) is 7.03. The van der Waals surface area contributed by atoms with Crippen molar-refractivity contribution in [2.45, 2.75) is 63.3 Å². The summed E-state index contributed by atoms with van der Waals surface area (Å²) >= 11 is 0.492. The van der Waals surface area contributed by atoms with E-state index in [0.29, 0.717) is 11.3 Å². The second kappa shape index (κ2) is 10.4. The molecule has 178 valence electrons. The first kappa shape index (κ1) is 27.4. The van der Waals surface area contributed by atoms with Crippen LogP contribution in [0.1, 0.15) is 64.9 Å². The Hall–Kier alpha value is -1.19. The Morgan fingerprint density at radius 2 is 1.79 bits per heavy atom. The van der Waals surface area contributed by atoms with Gasteiger partial charge in [0.05, 0.1) is 4.88 Å². The van der Waals surface area contributed by atoms with Gasteiger partial charge in [-0.3, -0.25) is 4.79 Å². The van der Waals surface area contributed by atoms with Crippen molar-refractivity contribution in [2.75, 3.05) is 5.32 Å². The third kappa shape index (κ3) is 5.31. The first-order chi connectivity index (χ1) is 15.5. The van der Waals surface area contributed by atoms with Crippen molar-refractivity contribution >= 4 is 29.0 Å². The van der Waals surface area contributed by atoms with Crippen LogP contribution in [-0.2, 0) is 0 Å². The van der Waals surface area contributed by atoms with Crippen molar-refractivity contribution in [3.63, 3.8) is 0 Å². The minimum atomic E-state index is -4.62. The van der Waals surface area contributed by atoms with E-state index in [1.54, 1.807) is 4.90 Å². The normalized spacial score (nSPS) is 20.4. The third-order valence-electron chi connectivity index (χ3n) is 5.96. The molecule has 0 aromatic carbocycles. The van der Waals surface area contributed by atoms with E-state index in [-0.39, 0.29) is 79.6 Å². The number of fused-ring (bicyclic) bond motifs is 2. The topological polar surface area (TPSA) is 98.2 Å². The van der Waals surface area contributed by atoms with Crippen LogP contribution >= 0.6 is 11.3 Å². The van der Waals surface area contributed by atoms with E-state index >= 15 is 0 Å². The number of nitrogens with one attached hydrogen (secondary N) is 1. The molecule has 2 bridgehead atoms. The van der Waals surface area contributed by atoms with Crippen LogP contribution in [0.15, 0.2) is 12.3 Å². The maximum atomic E-state index is 13.9. The van der Waals surface area contributed by atoms with Gasteiger partial charge in [0.25, 0.3) is 12.3 Å². The summed E-state index contributed by atoms with van der Waals surface area (Å²) in [6, 6.07) is -1.33. The van der Waals surface area contributed by atoms with Crippen LogP contribution in [0.2, 0.25) is 0 Å². The summed E-state index contributed by atoms with van der Waals surface area (Å²) in [6.45, 7) is 0.814. The first-order valence-electron chi connectivity index (χ1n) is 10.1. The Morgan fingerprint density at radius 3 is 2.29 bits per heavy atom. The fourth-order valence-electron chi connectivity index (χ4n) is 4.33. The zero-order valence-corrected chi connectivity index (χ0v) is 22.1. The summed E-state index contributed by atoms with van der Waals surface area (Å²) in [7, 11) is 0. The molecule has 2 aromatic rings. The van der Waals surface area contributed by atoms with Gasteiger partial charge in [0.1, 0.15) is 28.5 Å². The Labute approximate surface area is 237 Å². The molecule has 1 N–H and O–H groups in total. The van der Waals surface area contributed by atoms with Crippen molar-refractivity contribution in [3.05, 3.63) is 28.5 Å².